The van der Waals surface area contributed by atoms with Crippen LogP contribution in [0.1, 0.15) is 20.8 Å². The molecule has 0 aliphatic carbocycles. The van der Waals surface area contributed by atoms with E-state index in [1.54, 1.807) is 7.11 Å². The van der Waals surface area contributed by atoms with E-state index in [0.717, 1.165) is 19.6 Å². The van der Waals surface area contributed by atoms with E-state index in [1.807, 2.05) is 0 Å². The molecule has 0 aliphatic rings. The van der Waals surface area contributed by atoms with E-state index in [4.69, 9.17) is 10.6 Å². The molecule has 108 valence electrons. The number of nitrogens with one attached hydrogen (secondary N) is 2. The van der Waals surface area contributed by atoms with Gasteiger partial charge in [-0.1, -0.05) is 13.8 Å². The molecule has 0 amide bonds. The first-order valence-electron chi connectivity index (χ1n) is 6.50. The zero-order chi connectivity index (χ0) is 14.3. The van der Waals surface area contributed by atoms with Gasteiger partial charge in [0.25, 0.3) is 0 Å². The summed E-state index contributed by atoms with van der Waals surface area (Å²) in [6, 6.07) is 0.245. The predicted octanol–water partition coefficient (Wildman–Crippen LogP) is 0.913. The average Bonchev–Trinajstić information content (AvgIpc) is 2.44. The van der Waals surface area contributed by atoms with Crippen LogP contribution in [0.4, 0.5) is 11.6 Å². The molecule has 0 radical (unpaired) electrons. The summed E-state index contributed by atoms with van der Waals surface area (Å²) in [6.45, 7) is 9.40. The maximum atomic E-state index is 5.39. The lowest BCUT2D eigenvalue weighted by atomic mass is 10.3. The zero-order valence-corrected chi connectivity index (χ0v) is 12.1. The van der Waals surface area contributed by atoms with E-state index in [2.05, 4.69) is 46.4 Å². The monoisotopic (exact) mass is 268 g/mol. The molecular weight excluding hydrogens is 244 g/mol. The molecule has 1 heterocycles. The summed E-state index contributed by atoms with van der Waals surface area (Å²) in [4.78, 5) is 10.5. The molecule has 1 aromatic rings. The minimum Gasteiger partial charge on any atom is -0.490 e. The third kappa shape index (κ3) is 4.22. The van der Waals surface area contributed by atoms with Crippen LogP contribution in [0.5, 0.6) is 5.75 Å². The van der Waals surface area contributed by atoms with Crippen molar-refractivity contribution in [2.45, 2.75) is 26.8 Å². The van der Waals surface area contributed by atoms with Gasteiger partial charge in [0, 0.05) is 12.6 Å². The minimum absolute atomic E-state index is 0.245. The van der Waals surface area contributed by atoms with Crippen LogP contribution < -0.4 is 21.3 Å². The van der Waals surface area contributed by atoms with E-state index < -0.39 is 0 Å². The molecule has 1 aromatic heterocycles. The molecule has 0 aromatic carbocycles. The highest BCUT2D eigenvalue weighted by Crippen LogP contribution is 2.28. The van der Waals surface area contributed by atoms with Gasteiger partial charge in [0.2, 0.25) is 5.75 Å². The van der Waals surface area contributed by atoms with Gasteiger partial charge in [-0.15, -0.1) is 0 Å². The summed E-state index contributed by atoms with van der Waals surface area (Å²) < 4.78 is 5.28. The molecule has 0 spiro atoms. The lowest BCUT2D eigenvalue weighted by Crippen LogP contribution is -2.35. The Kier molecular flexibility index (Phi) is 6.31. The number of nitrogens with two attached hydrogens (primary N) is 1. The summed E-state index contributed by atoms with van der Waals surface area (Å²) in [5.74, 6) is 7.03. The number of nitrogen functional groups attached to an aromatic ring is 1. The van der Waals surface area contributed by atoms with Crippen molar-refractivity contribution in [3.8, 4) is 5.75 Å². The Hall–Kier alpha value is -1.60. The second kappa shape index (κ2) is 7.75. The Morgan fingerprint density at radius 1 is 1.32 bits per heavy atom. The first-order valence-corrected chi connectivity index (χ1v) is 6.50. The summed E-state index contributed by atoms with van der Waals surface area (Å²) in [7, 11) is 1.57. The highest BCUT2D eigenvalue weighted by Gasteiger charge is 2.14. The van der Waals surface area contributed by atoms with Crippen LogP contribution in [0.15, 0.2) is 6.33 Å². The van der Waals surface area contributed by atoms with Crippen LogP contribution in [-0.4, -0.2) is 47.7 Å². The fourth-order valence-corrected chi connectivity index (χ4v) is 1.92. The van der Waals surface area contributed by atoms with E-state index in [9.17, 15) is 0 Å². The average molecular weight is 268 g/mol. The number of rotatable bonds is 8. The molecular formula is C12H24N6O. The normalized spacial score (nSPS) is 12.3. The number of ether oxygens (including phenoxy) is 1. The Labute approximate surface area is 114 Å². The molecule has 1 rings (SSSR count). The fourth-order valence-electron chi connectivity index (χ4n) is 1.92. The SMILES string of the molecule is CCN(CC)CC(C)Nc1ncnc(NN)c1OC. The smallest absolute Gasteiger partial charge is 0.205 e. The number of hydrazine groups is 1. The third-order valence-corrected chi connectivity index (χ3v) is 2.95. The molecule has 4 N–H and O–H groups in total. The lowest BCUT2D eigenvalue weighted by Gasteiger charge is -2.24. The number of anilines is 2. The van der Waals surface area contributed by atoms with Crippen molar-refractivity contribution >= 4 is 11.6 Å². The third-order valence-electron chi connectivity index (χ3n) is 2.95. The standard InChI is InChI=1S/C12H24N6O/c1-5-18(6-2)7-9(3)16-11-10(19-4)12(17-13)15-8-14-11/h8-9H,5-7,13H2,1-4H3,(H2,14,15,16,17). The Morgan fingerprint density at radius 2 is 1.95 bits per heavy atom. The van der Waals surface area contributed by atoms with Gasteiger partial charge in [-0.05, 0) is 20.0 Å². The van der Waals surface area contributed by atoms with Gasteiger partial charge in [-0.25, -0.2) is 15.8 Å². The maximum absolute atomic E-state index is 5.39. The van der Waals surface area contributed by atoms with Gasteiger partial charge in [-0.2, -0.15) is 0 Å². The number of nitrogens with zero attached hydrogens (tertiary/aromatic N) is 3. The number of aromatic nitrogens is 2. The topological polar surface area (TPSA) is 88.3 Å². The number of likely N-dealkylation sites (N-methyl/N-ethyl adjacent to an activating group) is 1. The van der Waals surface area contributed by atoms with Gasteiger partial charge in [0.1, 0.15) is 6.33 Å². The highest BCUT2D eigenvalue weighted by atomic mass is 16.5. The molecule has 1 unspecified atom stereocenters. The summed E-state index contributed by atoms with van der Waals surface area (Å²) in [6.07, 6.45) is 1.45. The summed E-state index contributed by atoms with van der Waals surface area (Å²) in [5, 5.41) is 3.32. The quantitative estimate of drug-likeness (QED) is 0.477. The number of methoxy groups -OCH3 is 1. The number of hydrogen-bond donors (Lipinski definition) is 3. The van der Waals surface area contributed by atoms with Crippen LogP contribution in [0, 0.1) is 0 Å². The zero-order valence-electron chi connectivity index (χ0n) is 12.1. The van der Waals surface area contributed by atoms with Crippen molar-refractivity contribution in [2.75, 3.05) is 37.5 Å². The lowest BCUT2D eigenvalue weighted by molar-refractivity contribution is 0.294. The van der Waals surface area contributed by atoms with Crippen molar-refractivity contribution in [1.29, 1.82) is 0 Å². The van der Waals surface area contributed by atoms with E-state index in [0.29, 0.717) is 17.4 Å². The second-order valence-electron chi connectivity index (χ2n) is 4.28. The Balaban J connectivity index is 2.76. The molecule has 7 nitrogen and oxygen atoms in total. The van der Waals surface area contributed by atoms with Crippen LogP contribution in [0.25, 0.3) is 0 Å². The Morgan fingerprint density at radius 3 is 2.47 bits per heavy atom. The van der Waals surface area contributed by atoms with Crippen LogP contribution in [-0.2, 0) is 0 Å². The number of hydrogen-bond acceptors (Lipinski definition) is 7. The highest BCUT2D eigenvalue weighted by molar-refractivity contribution is 5.63. The van der Waals surface area contributed by atoms with E-state index in [1.165, 1.54) is 6.33 Å². The van der Waals surface area contributed by atoms with Crippen LogP contribution >= 0.6 is 0 Å². The van der Waals surface area contributed by atoms with Gasteiger partial charge in [0.15, 0.2) is 11.6 Å². The van der Waals surface area contributed by atoms with Crippen LogP contribution in [0.2, 0.25) is 0 Å². The molecule has 1 atom stereocenters. The van der Waals surface area contributed by atoms with E-state index >= 15 is 0 Å². The van der Waals surface area contributed by atoms with Crippen LogP contribution in [0.3, 0.4) is 0 Å². The van der Waals surface area contributed by atoms with Gasteiger partial charge < -0.3 is 20.4 Å². The maximum Gasteiger partial charge on any atom is 0.205 e. The van der Waals surface area contributed by atoms with Gasteiger partial charge in [-0.3, -0.25) is 0 Å². The minimum atomic E-state index is 0.245. The Bertz CT molecular complexity index is 382. The molecule has 0 saturated heterocycles. The predicted molar refractivity (Wildman–Crippen MR) is 77.3 cm³/mol. The van der Waals surface area contributed by atoms with Gasteiger partial charge in [0.05, 0.1) is 7.11 Å². The summed E-state index contributed by atoms with van der Waals surface area (Å²) >= 11 is 0. The molecule has 0 aliphatic heterocycles. The molecule has 0 bridgehead atoms. The second-order valence-corrected chi connectivity index (χ2v) is 4.28. The first-order chi connectivity index (χ1) is 9.15. The first kappa shape index (κ1) is 15.5. The van der Waals surface area contributed by atoms with Crippen molar-refractivity contribution < 1.29 is 4.74 Å². The van der Waals surface area contributed by atoms with Crippen molar-refractivity contribution in [3.63, 3.8) is 0 Å². The summed E-state index contributed by atoms with van der Waals surface area (Å²) in [5.41, 5.74) is 2.50. The van der Waals surface area contributed by atoms with Crippen molar-refractivity contribution in [1.82, 2.24) is 14.9 Å². The fraction of sp³-hybridized carbons (Fsp3) is 0.667. The molecule has 19 heavy (non-hydrogen) atoms. The van der Waals surface area contributed by atoms with Crippen molar-refractivity contribution in [2.24, 2.45) is 5.84 Å². The molecule has 7 heteroatoms. The molecule has 0 fully saturated rings. The molecule has 0 saturated carbocycles. The van der Waals surface area contributed by atoms with Crippen molar-refractivity contribution in [3.05, 3.63) is 6.33 Å². The van der Waals surface area contributed by atoms with Gasteiger partial charge >= 0.3 is 0 Å². The largest absolute Gasteiger partial charge is 0.490 e. The van der Waals surface area contributed by atoms with E-state index in [-0.39, 0.29) is 6.04 Å².